The summed E-state index contributed by atoms with van der Waals surface area (Å²) in [4.78, 5) is 58.2. The molecule has 4 heterocycles. The molecule has 15 heteroatoms. The van der Waals surface area contributed by atoms with Crippen LogP contribution in [0.15, 0.2) is 65.6 Å². The first-order valence-corrected chi connectivity index (χ1v) is 22.4. The smallest absolute Gasteiger partial charge is 0.410 e. The number of ether oxygens (including phenoxy) is 4. The van der Waals surface area contributed by atoms with Gasteiger partial charge < -0.3 is 43.5 Å². The number of hydrogen-bond acceptors (Lipinski definition) is 12. The van der Waals surface area contributed by atoms with Crippen LogP contribution in [0.3, 0.4) is 0 Å². The Kier molecular flexibility index (Phi) is 14.0. The van der Waals surface area contributed by atoms with Crippen molar-refractivity contribution in [1.29, 1.82) is 0 Å². The van der Waals surface area contributed by atoms with E-state index in [4.69, 9.17) is 28.9 Å². The normalized spacial score (nSPS) is 19.8. The standard InChI is InChI=1S/C48H66N8O7/c1-32-28-56(46(59)63-47(3,4)5)33(2)27-55(32)29-34-19-22-54(23-20-34)44-50-40-18-15-35(39-30-53(8)42(57)26-41(39)60-9)25-38(40)43(51-44)48(62-37-16-17-37,36-13-11-10-12-14-36)31-61-45(58)52(7)24-21-49-6/h10-15,18,25-26,30,32-34,37,49H,16-17,19-24,27-29,31H2,1-9H3/t32-,33+,48?/m0/s1. The minimum atomic E-state index is -1.29. The average Bonchev–Trinajstić information content (AvgIpc) is 4.09. The van der Waals surface area contributed by atoms with Crippen LogP contribution in [0.25, 0.3) is 22.0 Å². The van der Waals surface area contributed by atoms with Crippen molar-refractivity contribution in [1.82, 2.24) is 34.6 Å². The zero-order valence-electron chi connectivity index (χ0n) is 38.6. The number of aryl methyl sites for hydroxylation is 1. The number of methoxy groups -OCH3 is 1. The monoisotopic (exact) mass is 867 g/mol. The largest absolute Gasteiger partial charge is 0.496 e. The summed E-state index contributed by atoms with van der Waals surface area (Å²) < 4.78 is 26.4. The van der Waals surface area contributed by atoms with E-state index in [2.05, 4.69) is 29.0 Å². The Labute approximate surface area is 371 Å². The fraction of sp³-hybridized carbons (Fsp3) is 0.562. The van der Waals surface area contributed by atoms with Crippen LogP contribution < -0.4 is 20.5 Å². The van der Waals surface area contributed by atoms with E-state index in [0.29, 0.717) is 48.5 Å². The van der Waals surface area contributed by atoms with Gasteiger partial charge in [-0.2, -0.15) is 0 Å². The molecule has 3 atom stereocenters. The lowest BCUT2D eigenvalue weighted by atomic mass is 9.87. The van der Waals surface area contributed by atoms with Crippen molar-refractivity contribution in [2.75, 3.05) is 78.5 Å². The summed E-state index contributed by atoms with van der Waals surface area (Å²) >= 11 is 0. The third-order valence-electron chi connectivity index (χ3n) is 12.5. The van der Waals surface area contributed by atoms with Crippen LogP contribution in [0, 0.1) is 5.92 Å². The molecule has 2 saturated heterocycles. The van der Waals surface area contributed by atoms with Crippen molar-refractivity contribution < 1.29 is 28.5 Å². The maximum absolute atomic E-state index is 13.6. The second kappa shape index (κ2) is 19.2. The van der Waals surface area contributed by atoms with Gasteiger partial charge in [0.05, 0.1) is 24.4 Å². The minimum Gasteiger partial charge on any atom is -0.496 e. The Morgan fingerprint density at radius 3 is 2.35 bits per heavy atom. The molecule has 15 nitrogen and oxygen atoms in total. The van der Waals surface area contributed by atoms with Gasteiger partial charge in [0.25, 0.3) is 5.56 Å². The van der Waals surface area contributed by atoms with Crippen LogP contribution in [-0.4, -0.2) is 139 Å². The summed E-state index contributed by atoms with van der Waals surface area (Å²) in [5.74, 6) is 1.51. The van der Waals surface area contributed by atoms with Crippen LogP contribution in [0.2, 0.25) is 0 Å². The first kappa shape index (κ1) is 45.8. The topological polar surface area (TPSA) is 144 Å². The highest BCUT2D eigenvalue weighted by Crippen LogP contribution is 2.44. The molecule has 7 rings (SSSR count). The number of aromatic nitrogens is 3. The molecule has 1 saturated carbocycles. The van der Waals surface area contributed by atoms with Gasteiger partial charge in [0, 0.05) is 95.2 Å². The third kappa shape index (κ3) is 10.6. The maximum Gasteiger partial charge on any atom is 0.410 e. The molecule has 1 aliphatic carbocycles. The lowest BCUT2D eigenvalue weighted by Crippen LogP contribution is -2.59. The lowest BCUT2D eigenvalue weighted by Gasteiger charge is -2.46. The van der Waals surface area contributed by atoms with E-state index >= 15 is 0 Å². The Morgan fingerprint density at radius 1 is 0.952 bits per heavy atom. The summed E-state index contributed by atoms with van der Waals surface area (Å²) in [5.41, 5.74) is 1.66. The van der Waals surface area contributed by atoms with Crippen LogP contribution in [0.5, 0.6) is 5.75 Å². The number of fused-ring (bicyclic) bond motifs is 1. The molecule has 3 fully saturated rings. The predicted octanol–water partition coefficient (Wildman–Crippen LogP) is 6.26. The number of likely N-dealkylation sites (N-methyl/N-ethyl adjacent to an activating group) is 2. The maximum atomic E-state index is 13.6. The molecule has 2 aliphatic heterocycles. The Morgan fingerprint density at radius 2 is 1.68 bits per heavy atom. The van der Waals surface area contributed by atoms with Gasteiger partial charge in [-0.1, -0.05) is 36.4 Å². The van der Waals surface area contributed by atoms with E-state index < -0.39 is 17.3 Å². The first-order valence-electron chi connectivity index (χ1n) is 22.4. The highest BCUT2D eigenvalue weighted by atomic mass is 16.6. The van der Waals surface area contributed by atoms with E-state index in [1.165, 1.54) is 10.6 Å². The van der Waals surface area contributed by atoms with Crippen molar-refractivity contribution in [3.63, 3.8) is 0 Å². The van der Waals surface area contributed by atoms with Gasteiger partial charge in [-0.15, -0.1) is 0 Å². The molecule has 1 N–H and O–H groups in total. The number of hydrogen-bond donors (Lipinski definition) is 1. The number of anilines is 1. The van der Waals surface area contributed by atoms with Gasteiger partial charge in [0.15, 0.2) is 5.60 Å². The molecule has 63 heavy (non-hydrogen) atoms. The number of rotatable bonds is 14. The molecular formula is C48H66N8O7. The quantitative estimate of drug-likeness (QED) is 0.153. The number of nitrogens with one attached hydrogen (secondary N) is 1. The van der Waals surface area contributed by atoms with Crippen LogP contribution in [-0.2, 0) is 26.9 Å². The molecule has 3 aliphatic rings. The predicted molar refractivity (Wildman–Crippen MR) is 244 cm³/mol. The van der Waals surface area contributed by atoms with E-state index in [-0.39, 0.29) is 36.4 Å². The van der Waals surface area contributed by atoms with Crippen molar-refractivity contribution >= 4 is 29.0 Å². The number of carbonyl (C=O) groups excluding carboxylic acids is 2. The van der Waals surface area contributed by atoms with Gasteiger partial charge >= 0.3 is 12.2 Å². The molecule has 2 aromatic carbocycles. The van der Waals surface area contributed by atoms with E-state index in [1.807, 2.05) is 81.2 Å². The van der Waals surface area contributed by atoms with Crippen molar-refractivity contribution in [2.24, 2.45) is 13.0 Å². The number of benzene rings is 2. The zero-order chi connectivity index (χ0) is 45.1. The SMILES string of the molecule is CNCCN(C)C(=O)OCC(OC1CC1)(c1ccccc1)c1nc(N2CCC(CN3C[C@@H](C)N(C(=O)OC(C)(C)C)C[C@@H]3C)CC2)nc2ccc(-c3cn(C)c(=O)cc3OC)cc12. The van der Waals surface area contributed by atoms with E-state index in [0.717, 1.165) is 73.9 Å². The fourth-order valence-electron chi connectivity index (χ4n) is 8.67. The molecule has 2 amide bonds. The van der Waals surface area contributed by atoms with Gasteiger partial charge in [-0.25, -0.2) is 19.6 Å². The highest BCUT2D eigenvalue weighted by Gasteiger charge is 2.46. The summed E-state index contributed by atoms with van der Waals surface area (Å²) in [5, 5.41) is 3.83. The van der Waals surface area contributed by atoms with Gasteiger partial charge in [0.1, 0.15) is 18.0 Å². The van der Waals surface area contributed by atoms with Crippen molar-refractivity contribution in [2.45, 2.75) is 89.7 Å². The molecule has 1 unspecified atom stereocenters. The Bertz CT molecular complexity index is 2290. The summed E-state index contributed by atoms with van der Waals surface area (Å²) in [7, 11) is 6.85. The molecule has 0 radical (unpaired) electrons. The summed E-state index contributed by atoms with van der Waals surface area (Å²) in [6.07, 6.45) is 4.67. The van der Waals surface area contributed by atoms with Crippen LogP contribution >= 0.6 is 0 Å². The van der Waals surface area contributed by atoms with Crippen molar-refractivity contribution in [3.05, 3.63) is 82.4 Å². The summed E-state index contributed by atoms with van der Waals surface area (Å²) in [6, 6.07) is 17.7. The zero-order valence-corrected chi connectivity index (χ0v) is 38.6. The molecule has 2 aromatic heterocycles. The molecule has 340 valence electrons. The summed E-state index contributed by atoms with van der Waals surface area (Å²) in [6.45, 7) is 14.9. The Hall–Kier alpha value is -5.25. The lowest BCUT2D eigenvalue weighted by molar-refractivity contribution is -0.0734. The van der Waals surface area contributed by atoms with E-state index in [9.17, 15) is 14.4 Å². The van der Waals surface area contributed by atoms with Gasteiger partial charge in [-0.05, 0) is 96.5 Å². The van der Waals surface area contributed by atoms with Crippen molar-refractivity contribution in [3.8, 4) is 16.9 Å². The second-order valence-corrected chi connectivity index (χ2v) is 18.6. The number of piperazine rings is 1. The molecule has 0 spiro atoms. The second-order valence-electron chi connectivity index (χ2n) is 18.6. The number of nitrogens with zero attached hydrogens (tertiary/aromatic N) is 7. The van der Waals surface area contributed by atoms with Gasteiger partial charge in [-0.3, -0.25) is 9.69 Å². The number of pyridine rings is 1. The number of piperidine rings is 1. The molecule has 4 aromatic rings. The first-order chi connectivity index (χ1) is 30.1. The molecule has 0 bridgehead atoms. The highest BCUT2D eigenvalue weighted by molar-refractivity contribution is 5.89. The average molecular weight is 867 g/mol. The van der Waals surface area contributed by atoms with Gasteiger partial charge in [0.2, 0.25) is 5.95 Å². The number of carbonyl (C=O) groups is 2. The third-order valence-corrected chi connectivity index (χ3v) is 12.5. The number of amides is 2. The van der Waals surface area contributed by atoms with E-state index in [1.54, 1.807) is 32.3 Å². The van der Waals surface area contributed by atoms with Crippen LogP contribution in [0.4, 0.5) is 15.5 Å². The molecular weight excluding hydrogens is 801 g/mol. The fourth-order valence-corrected chi connectivity index (χ4v) is 8.67. The Balaban J connectivity index is 1.24. The minimum absolute atomic E-state index is 0.0479. The van der Waals surface area contributed by atoms with Crippen LogP contribution in [0.1, 0.15) is 71.6 Å².